The minimum Gasteiger partial charge on any atom is -0.322 e. The Balaban J connectivity index is 2.18. The number of hydrogen-bond donors (Lipinski definition) is 1. The van der Waals surface area contributed by atoms with E-state index in [0.717, 1.165) is 17.3 Å². The highest BCUT2D eigenvalue weighted by molar-refractivity contribution is 9.09. The summed E-state index contributed by atoms with van der Waals surface area (Å²) in [5, 5.41) is 5.79. The molecule has 0 saturated carbocycles. The third-order valence-electron chi connectivity index (χ3n) is 3.15. The Kier molecular flexibility index (Phi) is 5.90. The monoisotopic (exact) mass is 375 g/mol. The van der Waals surface area contributed by atoms with Crippen molar-refractivity contribution < 1.29 is 0 Å². The molecule has 1 aromatic carbocycles. The Bertz CT molecular complexity index is 545. The van der Waals surface area contributed by atoms with Crippen LogP contribution in [-0.2, 0) is 0 Å². The first kappa shape index (κ1) is 15.8. The van der Waals surface area contributed by atoms with Gasteiger partial charge in [-0.1, -0.05) is 45.2 Å². The number of nitrogens with zero attached hydrogens (tertiary/aromatic N) is 2. The van der Waals surface area contributed by atoms with Gasteiger partial charge in [0.15, 0.2) is 0 Å². The Hall–Kier alpha value is -0.550. The summed E-state index contributed by atoms with van der Waals surface area (Å²) in [6.45, 7) is 2.09. The van der Waals surface area contributed by atoms with Crippen LogP contribution in [0.1, 0.15) is 31.1 Å². The lowest BCUT2D eigenvalue weighted by Crippen LogP contribution is -2.28. The summed E-state index contributed by atoms with van der Waals surface area (Å²) in [6.07, 6.45) is 6.57. The van der Waals surface area contributed by atoms with E-state index < -0.39 is 0 Å². The van der Waals surface area contributed by atoms with Crippen LogP contribution in [-0.4, -0.2) is 14.9 Å². The Morgan fingerprint density at radius 1 is 1.40 bits per heavy atom. The van der Waals surface area contributed by atoms with Crippen molar-refractivity contribution in [3.8, 4) is 0 Å². The molecular formula is C14H16BrCl2N3. The number of imidazole rings is 1. The van der Waals surface area contributed by atoms with Crippen LogP contribution >= 0.6 is 39.1 Å². The second kappa shape index (κ2) is 7.46. The average Bonchev–Trinajstić information content (AvgIpc) is 2.92. The number of halogens is 3. The van der Waals surface area contributed by atoms with E-state index in [1.807, 2.05) is 22.9 Å². The molecule has 0 fully saturated rings. The molecule has 2 aromatic rings. The molecule has 6 heteroatoms. The van der Waals surface area contributed by atoms with Crippen LogP contribution in [0.4, 0.5) is 0 Å². The number of benzene rings is 1. The van der Waals surface area contributed by atoms with Crippen LogP contribution in [0.2, 0.25) is 10.0 Å². The zero-order chi connectivity index (χ0) is 14.5. The van der Waals surface area contributed by atoms with Gasteiger partial charge in [0.2, 0.25) is 0 Å². The van der Waals surface area contributed by atoms with Crippen LogP contribution in [0.25, 0.3) is 0 Å². The molecule has 3 nitrogen and oxygen atoms in total. The van der Waals surface area contributed by atoms with Crippen molar-refractivity contribution in [2.75, 3.05) is 5.33 Å². The summed E-state index contributed by atoms with van der Waals surface area (Å²) >= 11 is 15.8. The predicted octanol–water partition coefficient (Wildman–Crippen LogP) is 4.82. The molecule has 0 spiro atoms. The van der Waals surface area contributed by atoms with Crippen LogP contribution < -0.4 is 5.32 Å². The van der Waals surface area contributed by atoms with Crippen molar-refractivity contribution in [2.45, 2.75) is 25.6 Å². The largest absolute Gasteiger partial charge is 0.322 e. The summed E-state index contributed by atoms with van der Waals surface area (Å²) in [5.41, 5.74) is 1.06. The second-order valence-corrected chi connectivity index (χ2v) is 6.19. The van der Waals surface area contributed by atoms with Crippen LogP contribution in [0.15, 0.2) is 36.9 Å². The average molecular weight is 377 g/mol. The number of alkyl halides is 1. The van der Waals surface area contributed by atoms with Gasteiger partial charge in [0, 0.05) is 33.8 Å². The van der Waals surface area contributed by atoms with Crippen molar-refractivity contribution >= 4 is 39.1 Å². The van der Waals surface area contributed by atoms with Crippen molar-refractivity contribution in [2.24, 2.45) is 0 Å². The Morgan fingerprint density at radius 2 is 2.20 bits per heavy atom. The van der Waals surface area contributed by atoms with Crippen molar-refractivity contribution in [3.05, 3.63) is 52.5 Å². The van der Waals surface area contributed by atoms with Crippen molar-refractivity contribution in [1.29, 1.82) is 0 Å². The Morgan fingerprint density at radius 3 is 2.80 bits per heavy atom. The first-order valence-electron chi connectivity index (χ1n) is 6.36. The molecule has 108 valence electrons. The predicted molar refractivity (Wildman–Crippen MR) is 87.7 cm³/mol. The second-order valence-electron chi connectivity index (χ2n) is 4.55. The summed E-state index contributed by atoms with van der Waals surface area (Å²) in [7, 11) is 0. The van der Waals surface area contributed by atoms with Crippen LogP contribution in [0.5, 0.6) is 0 Å². The highest BCUT2D eigenvalue weighted by Crippen LogP contribution is 2.29. The number of hydrogen-bond acceptors (Lipinski definition) is 2. The molecule has 2 unspecified atom stereocenters. The minimum absolute atomic E-state index is 0.133. The lowest BCUT2D eigenvalue weighted by molar-refractivity contribution is 0.371. The first-order valence-corrected chi connectivity index (χ1v) is 8.24. The van der Waals surface area contributed by atoms with Gasteiger partial charge in [0.1, 0.15) is 0 Å². The molecule has 0 radical (unpaired) electrons. The quantitative estimate of drug-likeness (QED) is 0.732. The number of rotatable bonds is 6. The fourth-order valence-electron chi connectivity index (χ4n) is 2.10. The van der Waals surface area contributed by atoms with Gasteiger partial charge in [-0.15, -0.1) is 0 Å². The van der Waals surface area contributed by atoms with E-state index in [1.54, 1.807) is 18.6 Å². The lowest BCUT2D eigenvalue weighted by atomic mass is 10.0. The number of aromatic nitrogens is 2. The third-order valence-corrected chi connectivity index (χ3v) is 4.17. The SMILES string of the molecule is CC(NC(CCBr)c1ccc(Cl)cc1Cl)n1ccnc1. The van der Waals surface area contributed by atoms with Gasteiger partial charge in [0.05, 0.1) is 12.5 Å². The molecule has 1 N–H and O–H groups in total. The maximum absolute atomic E-state index is 6.31. The van der Waals surface area contributed by atoms with E-state index in [9.17, 15) is 0 Å². The van der Waals surface area contributed by atoms with Gasteiger partial charge in [-0.25, -0.2) is 4.98 Å². The van der Waals surface area contributed by atoms with Gasteiger partial charge in [-0.2, -0.15) is 0 Å². The maximum atomic E-state index is 6.31. The zero-order valence-corrected chi connectivity index (χ0v) is 14.2. The topological polar surface area (TPSA) is 29.9 Å². The lowest BCUT2D eigenvalue weighted by Gasteiger charge is -2.25. The third kappa shape index (κ3) is 3.98. The van der Waals surface area contributed by atoms with Crippen LogP contribution in [0.3, 0.4) is 0 Å². The normalized spacial score (nSPS) is 14.2. The first-order chi connectivity index (χ1) is 9.61. The summed E-state index contributed by atoms with van der Waals surface area (Å²) in [6, 6.07) is 5.78. The molecule has 1 aromatic heterocycles. The standard InChI is InChI=1S/C14H16BrCl2N3/c1-10(20-7-6-18-9-20)19-14(4-5-15)12-3-2-11(16)8-13(12)17/h2-3,6-10,14,19H,4-5H2,1H3. The molecule has 1 heterocycles. The molecule has 0 aliphatic rings. The molecule has 2 rings (SSSR count). The van der Waals surface area contributed by atoms with E-state index in [0.29, 0.717) is 10.0 Å². The number of nitrogens with one attached hydrogen (secondary N) is 1. The summed E-state index contributed by atoms with van der Waals surface area (Å²) in [4.78, 5) is 4.07. The fraction of sp³-hybridized carbons (Fsp3) is 0.357. The molecule has 0 aliphatic heterocycles. The molecule has 2 atom stereocenters. The zero-order valence-electron chi connectivity index (χ0n) is 11.1. The van der Waals surface area contributed by atoms with Crippen LogP contribution in [0, 0.1) is 0 Å². The van der Waals surface area contributed by atoms with E-state index >= 15 is 0 Å². The van der Waals surface area contributed by atoms with Gasteiger partial charge in [-0.3, -0.25) is 5.32 Å². The highest BCUT2D eigenvalue weighted by atomic mass is 79.9. The molecule has 0 saturated heterocycles. The molecular weight excluding hydrogens is 361 g/mol. The van der Waals surface area contributed by atoms with Crippen molar-refractivity contribution in [3.63, 3.8) is 0 Å². The van der Waals surface area contributed by atoms with E-state index in [-0.39, 0.29) is 12.2 Å². The summed E-state index contributed by atoms with van der Waals surface area (Å²) in [5.74, 6) is 0. The summed E-state index contributed by atoms with van der Waals surface area (Å²) < 4.78 is 2.02. The van der Waals surface area contributed by atoms with E-state index in [1.165, 1.54) is 0 Å². The van der Waals surface area contributed by atoms with Gasteiger partial charge < -0.3 is 4.57 Å². The fourth-order valence-corrected chi connectivity index (χ4v) is 3.10. The highest BCUT2D eigenvalue weighted by Gasteiger charge is 2.17. The van der Waals surface area contributed by atoms with E-state index in [2.05, 4.69) is 33.2 Å². The van der Waals surface area contributed by atoms with Gasteiger partial charge in [-0.05, 0) is 31.0 Å². The minimum atomic E-state index is 0.133. The molecule has 0 amide bonds. The van der Waals surface area contributed by atoms with E-state index in [4.69, 9.17) is 23.2 Å². The molecule has 0 bridgehead atoms. The smallest absolute Gasteiger partial charge is 0.0959 e. The molecule has 0 aliphatic carbocycles. The Labute approximate surface area is 137 Å². The molecule has 20 heavy (non-hydrogen) atoms. The maximum Gasteiger partial charge on any atom is 0.0959 e. The van der Waals surface area contributed by atoms with Gasteiger partial charge in [0.25, 0.3) is 0 Å². The van der Waals surface area contributed by atoms with Gasteiger partial charge >= 0.3 is 0 Å². The van der Waals surface area contributed by atoms with Crippen molar-refractivity contribution in [1.82, 2.24) is 14.9 Å².